The summed E-state index contributed by atoms with van der Waals surface area (Å²) in [5.74, 6) is 2.64. The average Bonchev–Trinajstić information content (AvgIpc) is 3.94. The smallest absolute Gasteiger partial charge is 0.135 e. The number of benzene rings is 14. The summed E-state index contributed by atoms with van der Waals surface area (Å²) in [6.45, 7) is 0. The van der Waals surface area contributed by atoms with Crippen molar-refractivity contribution in [3.05, 3.63) is 242 Å². The lowest BCUT2D eigenvalue weighted by atomic mass is 9.62. The third kappa shape index (κ3) is 6.79. The van der Waals surface area contributed by atoms with Crippen LogP contribution in [0.2, 0.25) is 0 Å². The highest BCUT2D eigenvalue weighted by molar-refractivity contribution is 6.27. The summed E-state index contributed by atoms with van der Waals surface area (Å²) < 4.78 is 6.57. The molecule has 0 aliphatic heterocycles. The zero-order valence-corrected chi connectivity index (χ0v) is 42.9. The first kappa shape index (κ1) is 43.5. The number of hydrogen-bond acceptors (Lipinski definition) is 1. The van der Waals surface area contributed by atoms with Crippen LogP contribution in [0.15, 0.2) is 235 Å². The van der Waals surface area contributed by atoms with Crippen molar-refractivity contribution in [2.45, 2.75) is 50.4 Å². The third-order valence-corrected chi connectivity index (χ3v) is 19.0. The Labute approximate surface area is 447 Å². The largest absolute Gasteiger partial charge is 0.456 e. The Morgan fingerprint density at radius 2 is 0.740 bits per heavy atom. The quantitative estimate of drug-likeness (QED) is 0.160. The highest BCUT2D eigenvalue weighted by Gasteiger charge is 2.37. The number of fused-ring (bicyclic) bond motifs is 19. The predicted molar refractivity (Wildman–Crippen MR) is 329 cm³/mol. The molecule has 17 rings (SSSR count). The van der Waals surface area contributed by atoms with Gasteiger partial charge >= 0.3 is 0 Å². The van der Waals surface area contributed by atoms with E-state index in [-0.39, 0.29) is 0 Å². The molecule has 2 aliphatic rings. The van der Waals surface area contributed by atoms with Crippen LogP contribution >= 0.6 is 0 Å². The average molecular weight is 983 g/mol. The van der Waals surface area contributed by atoms with E-state index in [1.807, 2.05) is 0 Å². The van der Waals surface area contributed by atoms with E-state index in [0.717, 1.165) is 23.0 Å². The molecule has 2 saturated carbocycles. The highest BCUT2D eigenvalue weighted by Crippen LogP contribution is 2.53. The molecular formula is C76H54O. The summed E-state index contributed by atoms with van der Waals surface area (Å²) in [5.41, 5.74) is 9.94. The Bertz CT molecular complexity index is 4970. The molecule has 77 heavy (non-hydrogen) atoms. The van der Waals surface area contributed by atoms with Crippen molar-refractivity contribution in [1.82, 2.24) is 0 Å². The fourth-order valence-electron chi connectivity index (χ4n) is 15.3. The van der Waals surface area contributed by atoms with E-state index in [1.165, 1.54) is 174 Å². The molecule has 14 aromatic carbocycles. The van der Waals surface area contributed by atoms with Crippen LogP contribution in [0.5, 0.6) is 0 Å². The molecule has 1 aromatic heterocycles. The summed E-state index contributed by atoms with van der Waals surface area (Å²) in [7, 11) is 0. The van der Waals surface area contributed by atoms with Crippen molar-refractivity contribution in [3.63, 3.8) is 0 Å². The molecule has 0 bridgehead atoms. The molecule has 0 radical (unpaired) electrons. The van der Waals surface area contributed by atoms with Crippen LogP contribution < -0.4 is 0 Å². The second-order valence-electron chi connectivity index (χ2n) is 23.0. The summed E-state index contributed by atoms with van der Waals surface area (Å²) in [6, 6.07) is 87.4. The molecule has 1 nitrogen and oxygen atoms in total. The Balaban J connectivity index is 0.675. The lowest BCUT2D eigenvalue weighted by molar-refractivity contribution is 0.142. The molecule has 15 aromatic rings. The lowest BCUT2D eigenvalue weighted by Crippen LogP contribution is -2.30. The zero-order chi connectivity index (χ0) is 50.3. The Kier molecular flexibility index (Phi) is 9.52. The van der Waals surface area contributed by atoms with Gasteiger partial charge < -0.3 is 4.42 Å². The topological polar surface area (TPSA) is 13.1 Å². The van der Waals surface area contributed by atoms with Crippen molar-refractivity contribution < 1.29 is 4.42 Å². The van der Waals surface area contributed by atoms with Gasteiger partial charge in [-0.1, -0.05) is 182 Å². The maximum absolute atomic E-state index is 6.57. The van der Waals surface area contributed by atoms with Crippen molar-refractivity contribution in [3.8, 4) is 22.3 Å². The molecule has 0 N–H and O–H groups in total. The Morgan fingerprint density at radius 1 is 0.273 bits per heavy atom. The molecule has 1 heterocycles. The fourth-order valence-corrected chi connectivity index (χ4v) is 15.3. The van der Waals surface area contributed by atoms with E-state index in [9.17, 15) is 0 Å². The maximum Gasteiger partial charge on any atom is 0.135 e. The Morgan fingerprint density at radius 3 is 1.42 bits per heavy atom. The minimum Gasteiger partial charge on any atom is -0.456 e. The maximum atomic E-state index is 6.57. The summed E-state index contributed by atoms with van der Waals surface area (Å²) in [5, 5.41) is 26.3. The molecule has 2 aliphatic carbocycles. The highest BCUT2D eigenvalue weighted by atomic mass is 16.3. The normalized spacial score (nSPS) is 18.1. The van der Waals surface area contributed by atoms with E-state index in [1.54, 1.807) is 5.56 Å². The van der Waals surface area contributed by atoms with E-state index in [4.69, 9.17) is 4.42 Å². The van der Waals surface area contributed by atoms with Gasteiger partial charge in [-0.15, -0.1) is 0 Å². The van der Waals surface area contributed by atoms with E-state index in [2.05, 4.69) is 231 Å². The molecule has 4 atom stereocenters. The van der Waals surface area contributed by atoms with Crippen molar-refractivity contribution in [2.24, 2.45) is 11.8 Å². The van der Waals surface area contributed by atoms with Crippen LogP contribution in [0.25, 0.3) is 141 Å². The molecule has 0 saturated heterocycles. The van der Waals surface area contributed by atoms with Crippen LogP contribution in [0, 0.1) is 11.8 Å². The molecule has 4 unspecified atom stereocenters. The number of furan rings is 1. The Hall–Kier alpha value is -8.78. The van der Waals surface area contributed by atoms with E-state index in [0.29, 0.717) is 11.8 Å². The fraction of sp³-hybridized carbons (Fsp3) is 0.132. The van der Waals surface area contributed by atoms with Crippen LogP contribution in [-0.2, 0) is 0 Å². The minimum absolute atomic E-state index is 0.561. The molecule has 1 heteroatoms. The lowest BCUT2D eigenvalue weighted by Gasteiger charge is -2.43. The van der Waals surface area contributed by atoms with Crippen molar-refractivity contribution in [1.29, 1.82) is 0 Å². The second-order valence-corrected chi connectivity index (χ2v) is 23.0. The van der Waals surface area contributed by atoms with Gasteiger partial charge in [0.15, 0.2) is 0 Å². The van der Waals surface area contributed by atoms with Gasteiger partial charge in [-0.05, 0) is 241 Å². The van der Waals surface area contributed by atoms with Crippen LogP contribution in [-0.4, -0.2) is 0 Å². The molecule has 0 amide bonds. The first-order valence-electron chi connectivity index (χ1n) is 28.1. The minimum atomic E-state index is 0.561. The summed E-state index contributed by atoms with van der Waals surface area (Å²) >= 11 is 0. The summed E-state index contributed by atoms with van der Waals surface area (Å²) in [6.07, 6.45) is 7.66. The number of rotatable bonds is 4. The SMILES string of the molecule is c1ccc2c(c1)ccc1c2cc(-c2ccc3cc(-c4ccc5oc6ccc(C7CCC8CC(c9cc%10c%11ccccc%11ccc%10c%10ccc%11ccccc%11c9%10)CCC8C7)cc6c5c4)ccc3c2)c2c3ccccc3ccc12. The van der Waals surface area contributed by atoms with E-state index >= 15 is 0 Å². The van der Waals surface area contributed by atoms with Gasteiger partial charge in [0.1, 0.15) is 11.2 Å². The molecule has 364 valence electrons. The van der Waals surface area contributed by atoms with Gasteiger partial charge in [0.2, 0.25) is 0 Å². The van der Waals surface area contributed by atoms with Crippen LogP contribution in [0.3, 0.4) is 0 Å². The molecule has 0 spiro atoms. The van der Waals surface area contributed by atoms with Crippen LogP contribution in [0.4, 0.5) is 0 Å². The van der Waals surface area contributed by atoms with Crippen molar-refractivity contribution in [2.75, 3.05) is 0 Å². The van der Waals surface area contributed by atoms with Gasteiger partial charge in [-0.2, -0.15) is 0 Å². The molecular weight excluding hydrogens is 929 g/mol. The standard InChI is InChI=1S/C76H54O/c1-5-13-59-45(9-1)25-31-63-65-33-27-47-11-3-7-15-61(47)75(65)67(43-69(59)63)57-23-21-49-37-51(17-19-53(49)39-57)55-29-35-73-71(41-55)72-42-56(30-36-74(72)77-73)52-18-20-54-40-58(24-22-50(54)38-52)68-44-70-60-14-6-2-10-46(60)26-32-64(70)66-34-28-48-12-4-8-16-62(48)76(66)68/h1-17,19,21,23,25-37,39,41-44,50,52,54,58H,18,20,22,24,38,40H2. The predicted octanol–water partition coefficient (Wildman–Crippen LogP) is 21.8. The first-order valence-corrected chi connectivity index (χ1v) is 28.1. The summed E-state index contributed by atoms with van der Waals surface area (Å²) in [4.78, 5) is 0. The monoisotopic (exact) mass is 982 g/mol. The van der Waals surface area contributed by atoms with Crippen molar-refractivity contribution >= 4 is 119 Å². The van der Waals surface area contributed by atoms with Gasteiger partial charge in [0, 0.05) is 10.8 Å². The zero-order valence-electron chi connectivity index (χ0n) is 42.9. The van der Waals surface area contributed by atoms with E-state index < -0.39 is 0 Å². The molecule has 2 fully saturated rings. The van der Waals surface area contributed by atoms with Gasteiger partial charge in [0.25, 0.3) is 0 Å². The number of hydrogen-bond donors (Lipinski definition) is 0. The van der Waals surface area contributed by atoms with Gasteiger partial charge in [0.05, 0.1) is 0 Å². The second kappa shape index (κ2) is 16.9. The van der Waals surface area contributed by atoms with Gasteiger partial charge in [-0.25, -0.2) is 0 Å². The first-order chi connectivity index (χ1) is 38.1. The van der Waals surface area contributed by atoms with Gasteiger partial charge in [-0.3, -0.25) is 0 Å². The van der Waals surface area contributed by atoms with Crippen LogP contribution in [0.1, 0.15) is 61.5 Å². The third-order valence-electron chi connectivity index (χ3n) is 19.0.